The van der Waals surface area contributed by atoms with E-state index in [9.17, 15) is 14.7 Å². The number of phenols is 1. The number of Topliss-reactive ketones (excluding diaryl/α,β-unsaturated/α-hetero) is 1. The molecular formula is C12H15NO4. The fraction of sp³-hybridized carbons (Fsp3) is 0.333. The minimum absolute atomic E-state index is 0.0867. The third-order valence-electron chi connectivity index (χ3n) is 2.13. The second kappa shape index (κ2) is 5.34. The zero-order valence-corrected chi connectivity index (χ0v) is 10.0. The average Bonchev–Trinajstić information content (AvgIpc) is 2.15. The van der Waals surface area contributed by atoms with Crippen molar-refractivity contribution in [2.45, 2.75) is 20.8 Å². The third kappa shape index (κ3) is 3.21. The van der Waals surface area contributed by atoms with E-state index in [0.29, 0.717) is 0 Å². The van der Waals surface area contributed by atoms with Crippen molar-refractivity contribution in [1.29, 1.82) is 0 Å². The predicted molar refractivity (Wildman–Crippen MR) is 63.5 cm³/mol. The van der Waals surface area contributed by atoms with E-state index in [2.05, 4.69) is 5.32 Å². The van der Waals surface area contributed by atoms with Crippen LogP contribution in [-0.2, 0) is 4.74 Å². The largest absolute Gasteiger partial charge is 0.507 e. The van der Waals surface area contributed by atoms with E-state index in [4.69, 9.17) is 4.74 Å². The van der Waals surface area contributed by atoms with Crippen molar-refractivity contribution in [1.82, 2.24) is 0 Å². The zero-order chi connectivity index (χ0) is 13.0. The van der Waals surface area contributed by atoms with Crippen molar-refractivity contribution in [3.05, 3.63) is 23.3 Å². The van der Waals surface area contributed by atoms with Gasteiger partial charge in [0.05, 0.1) is 17.9 Å². The van der Waals surface area contributed by atoms with Gasteiger partial charge in [-0.2, -0.15) is 0 Å². The summed E-state index contributed by atoms with van der Waals surface area (Å²) in [6.07, 6.45) is -0.653. The van der Waals surface area contributed by atoms with Crippen molar-refractivity contribution in [3.63, 3.8) is 0 Å². The van der Waals surface area contributed by atoms with E-state index in [1.165, 1.54) is 13.0 Å². The quantitative estimate of drug-likeness (QED) is 0.792. The predicted octanol–water partition coefficient (Wildman–Crippen LogP) is 2.47. The molecule has 1 aromatic carbocycles. The van der Waals surface area contributed by atoms with Crippen LogP contribution in [0.3, 0.4) is 0 Å². The summed E-state index contributed by atoms with van der Waals surface area (Å²) in [5.74, 6) is -0.474. The van der Waals surface area contributed by atoms with Gasteiger partial charge in [0.15, 0.2) is 5.78 Å². The molecule has 1 rings (SSSR count). The number of phenolic OH excluding ortho intramolecular Hbond substituents is 1. The minimum atomic E-state index is -0.653. The molecule has 0 aliphatic rings. The van der Waals surface area contributed by atoms with E-state index < -0.39 is 6.09 Å². The van der Waals surface area contributed by atoms with E-state index in [0.717, 1.165) is 5.56 Å². The van der Waals surface area contributed by atoms with Crippen LogP contribution >= 0.6 is 0 Å². The summed E-state index contributed by atoms with van der Waals surface area (Å²) >= 11 is 0. The topological polar surface area (TPSA) is 75.6 Å². The molecule has 17 heavy (non-hydrogen) atoms. The SMILES string of the molecule is CCOC(=O)Nc1cc(C)cc(O)c1C(C)=O. The molecule has 1 amide bonds. The highest BCUT2D eigenvalue weighted by atomic mass is 16.5. The number of amides is 1. The fourth-order valence-electron chi connectivity index (χ4n) is 1.51. The van der Waals surface area contributed by atoms with Crippen LogP contribution in [0, 0.1) is 6.92 Å². The van der Waals surface area contributed by atoms with Gasteiger partial charge in [-0.1, -0.05) is 0 Å². The number of anilines is 1. The first-order valence-electron chi connectivity index (χ1n) is 5.24. The molecule has 5 heteroatoms. The van der Waals surface area contributed by atoms with Gasteiger partial charge < -0.3 is 9.84 Å². The van der Waals surface area contributed by atoms with Gasteiger partial charge >= 0.3 is 6.09 Å². The summed E-state index contributed by atoms with van der Waals surface area (Å²) in [5, 5.41) is 12.1. The Morgan fingerprint density at radius 1 is 1.41 bits per heavy atom. The first kappa shape index (κ1) is 13.0. The molecule has 5 nitrogen and oxygen atoms in total. The molecule has 0 saturated heterocycles. The number of carbonyl (C=O) groups excluding carboxylic acids is 2. The Morgan fingerprint density at radius 2 is 2.06 bits per heavy atom. The normalized spacial score (nSPS) is 9.82. The van der Waals surface area contributed by atoms with E-state index in [1.807, 2.05) is 0 Å². The lowest BCUT2D eigenvalue weighted by molar-refractivity contribution is 0.101. The van der Waals surface area contributed by atoms with E-state index in [-0.39, 0.29) is 29.4 Å². The van der Waals surface area contributed by atoms with Gasteiger partial charge in [-0.15, -0.1) is 0 Å². The highest BCUT2D eigenvalue weighted by Gasteiger charge is 2.15. The Bertz CT molecular complexity index is 454. The standard InChI is InChI=1S/C12H15NO4/c1-4-17-12(16)13-9-5-7(2)6-10(15)11(9)8(3)14/h5-6,15H,4H2,1-3H3,(H,13,16). The molecule has 0 saturated carbocycles. The van der Waals surface area contributed by atoms with Crippen LogP contribution in [0.5, 0.6) is 5.75 Å². The van der Waals surface area contributed by atoms with Gasteiger partial charge in [0.1, 0.15) is 5.75 Å². The van der Waals surface area contributed by atoms with Crippen molar-refractivity contribution in [2.24, 2.45) is 0 Å². The maximum absolute atomic E-state index is 11.4. The minimum Gasteiger partial charge on any atom is -0.507 e. The summed E-state index contributed by atoms with van der Waals surface area (Å²) in [6.45, 7) is 4.99. The number of nitrogens with one attached hydrogen (secondary N) is 1. The maximum Gasteiger partial charge on any atom is 0.411 e. The molecule has 0 aliphatic heterocycles. The van der Waals surface area contributed by atoms with E-state index in [1.54, 1.807) is 19.9 Å². The molecule has 2 N–H and O–H groups in total. The van der Waals surface area contributed by atoms with Crippen molar-refractivity contribution < 1.29 is 19.4 Å². The molecule has 0 spiro atoms. The lowest BCUT2D eigenvalue weighted by Gasteiger charge is -2.11. The Kier molecular flexibility index (Phi) is 4.09. The molecule has 0 atom stereocenters. The number of hydrogen-bond donors (Lipinski definition) is 2. The molecule has 0 fully saturated rings. The monoisotopic (exact) mass is 237 g/mol. The van der Waals surface area contributed by atoms with Crippen LogP contribution in [0.15, 0.2) is 12.1 Å². The summed E-state index contributed by atoms with van der Waals surface area (Å²) in [5.41, 5.74) is 1.08. The summed E-state index contributed by atoms with van der Waals surface area (Å²) in [4.78, 5) is 22.7. The lowest BCUT2D eigenvalue weighted by Crippen LogP contribution is -2.15. The van der Waals surface area contributed by atoms with Crippen molar-refractivity contribution >= 4 is 17.6 Å². The summed E-state index contributed by atoms with van der Waals surface area (Å²) in [7, 11) is 0. The second-order valence-electron chi connectivity index (χ2n) is 3.61. The number of aryl methyl sites for hydroxylation is 1. The zero-order valence-electron chi connectivity index (χ0n) is 10.0. The van der Waals surface area contributed by atoms with Gasteiger partial charge in [0, 0.05) is 0 Å². The molecule has 92 valence electrons. The van der Waals surface area contributed by atoms with Gasteiger partial charge in [-0.25, -0.2) is 4.79 Å². The number of ether oxygens (including phenoxy) is 1. The molecule has 0 bridgehead atoms. The first-order valence-corrected chi connectivity index (χ1v) is 5.24. The maximum atomic E-state index is 11.4. The molecule has 0 heterocycles. The number of carbonyl (C=O) groups is 2. The molecule has 1 aromatic rings. The number of aromatic hydroxyl groups is 1. The molecular weight excluding hydrogens is 222 g/mol. The van der Waals surface area contributed by atoms with Crippen molar-refractivity contribution in [3.8, 4) is 5.75 Å². The summed E-state index contributed by atoms with van der Waals surface area (Å²) < 4.78 is 4.72. The van der Waals surface area contributed by atoms with Crippen LogP contribution in [0.4, 0.5) is 10.5 Å². The highest BCUT2D eigenvalue weighted by Crippen LogP contribution is 2.28. The van der Waals surface area contributed by atoms with Crippen molar-refractivity contribution in [2.75, 3.05) is 11.9 Å². The number of hydrogen-bond acceptors (Lipinski definition) is 4. The smallest absolute Gasteiger partial charge is 0.411 e. The molecule has 0 aliphatic carbocycles. The van der Waals surface area contributed by atoms with Gasteiger partial charge in [0.25, 0.3) is 0 Å². The highest BCUT2D eigenvalue weighted by molar-refractivity contribution is 6.05. The average molecular weight is 237 g/mol. The number of ketones is 1. The fourth-order valence-corrected chi connectivity index (χ4v) is 1.51. The molecule has 0 radical (unpaired) electrons. The lowest BCUT2D eigenvalue weighted by atomic mass is 10.1. The van der Waals surface area contributed by atoms with Crippen LogP contribution in [-0.4, -0.2) is 23.6 Å². The Labute approximate surface area is 99.4 Å². The molecule has 0 aromatic heterocycles. The van der Waals surface area contributed by atoms with Crippen LogP contribution in [0.2, 0.25) is 0 Å². The van der Waals surface area contributed by atoms with Gasteiger partial charge in [-0.3, -0.25) is 10.1 Å². The van der Waals surface area contributed by atoms with E-state index >= 15 is 0 Å². The Hall–Kier alpha value is -2.04. The Morgan fingerprint density at radius 3 is 2.59 bits per heavy atom. The Balaban J connectivity index is 3.12. The van der Waals surface area contributed by atoms with Crippen LogP contribution in [0.25, 0.3) is 0 Å². The van der Waals surface area contributed by atoms with Crippen LogP contribution in [0.1, 0.15) is 29.8 Å². The van der Waals surface area contributed by atoms with Gasteiger partial charge in [0.2, 0.25) is 0 Å². The third-order valence-corrected chi connectivity index (χ3v) is 2.13. The second-order valence-corrected chi connectivity index (χ2v) is 3.61. The molecule has 0 unspecified atom stereocenters. The van der Waals surface area contributed by atoms with Gasteiger partial charge in [-0.05, 0) is 38.5 Å². The number of benzene rings is 1. The number of rotatable bonds is 3. The first-order chi connectivity index (χ1) is 7.95. The van der Waals surface area contributed by atoms with Crippen LogP contribution < -0.4 is 5.32 Å². The summed E-state index contributed by atoms with van der Waals surface area (Å²) in [6, 6.07) is 3.07.